The van der Waals surface area contributed by atoms with Gasteiger partial charge in [-0.3, -0.25) is 0 Å². The molecule has 0 aliphatic heterocycles. The molecular weight excluding hydrogens is 383 g/mol. The first-order valence-electron chi connectivity index (χ1n) is 9.36. The van der Waals surface area contributed by atoms with E-state index in [1.54, 1.807) is 0 Å². The monoisotopic (exact) mass is 433 g/mol. The van der Waals surface area contributed by atoms with Crippen molar-refractivity contribution in [3.05, 3.63) is 49.3 Å². The van der Waals surface area contributed by atoms with Gasteiger partial charge in [0, 0.05) is 46.1 Å². The van der Waals surface area contributed by atoms with Gasteiger partial charge in [-0.05, 0) is 10.9 Å². The van der Waals surface area contributed by atoms with E-state index in [-0.39, 0.29) is 7.26 Å². The summed E-state index contributed by atoms with van der Waals surface area (Å²) in [4.78, 5) is 0. The Morgan fingerprint density at radius 1 is 0.750 bits per heavy atom. The summed E-state index contributed by atoms with van der Waals surface area (Å²) in [5.41, 5.74) is 0. The minimum Gasteiger partial charge on any atom is -0.333 e. The molecule has 0 unspecified atom stereocenters. The third-order valence-corrected chi connectivity index (χ3v) is 1.77. The van der Waals surface area contributed by atoms with Crippen molar-refractivity contribution >= 4 is 18.2 Å². The lowest BCUT2D eigenvalue weighted by Crippen LogP contribution is -2.27. The minimum absolute atomic E-state index is 0.389. The highest BCUT2D eigenvalue weighted by Crippen LogP contribution is 2.40. The van der Waals surface area contributed by atoms with Crippen molar-refractivity contribution in [2.45, 2.75) is 0 Å². The van der Waals surface area contributed by atoms with Crippen LogP contribution in [0.1, 0.15) is 0 Å². The molecule has 0 fully saturated rings. The van der Waals surface area contributed by atoms with Crippen molar-refractivity contribution in [2.75, 3.05) is 73.6 Å². The zero-order chi connectivity index (χ0) is 23.0. The first kappa shape index (κ1) is 31.8. The van der Waals surface area contributed by atoms with E-state index in [2.05, 4.69) is 73.6 Å². The van der Waals surface area contributed by atoms with Crippen LogP contribution in [-0.2, 0) is 32.0 Å². The number of hydrogen-bond acceptors (Lipinski definition) is 0. The average molecular weight is 434 g/mol. The molecule has 6 heteroatoms. The van der Waals surface area contributed by atoms with Crippen LogP contribution in [0.5, 0.6) is 0 Å². The maximum atomic E-state index is 2.30. The maximum Gasteiger partial charge on any atom is 0.243 e. The van der Waals surface area contributed by atoms with E-state index in [0.717, 1.165) is 4.48 Å². The number of nitrogens with zero attached hydrogens (tertiary/aromatic N) is 4. The molecular formula is C22H50N4PS+5. The molecule has 0 saturated heterocycles. The number of aryl methyl sites for hydroxylation is 3. The molecule has 0 atom stereocenters. The summed E-state index contributed by atoms with van der Waals surface area (Å²) >= 11 is 0. The zero-order valence-corrected chi connectivity index (χ0v) is 23.0. The Bertz CT molecular complexity index is 527. The first-order valence-corrected chi connectivity index (χ1v) is 15.4. The van der Waals surface area contributed by atoms with Gasteiger partial charge in [-0.2, -0.15) is 0 Å². The van der Waals surface area contributed by atoms with E-state index in [1.165, 1.54) is 0 Å². The predicted octanol–water partition coefficient (Wildman–Crippen LogP) is 2.70. The lowest BCUT2D eigenvalue weighted by molar-refractivity contribution is -0.849. The van der Waals surface area contributed by atoms with Crippen molar-refractivity contribution in [3.63, 3.8) is 0 Å². The zero-order valence-electron chi connectivity index (χ0n) is 21.3. The molecule has 2 aromatic heterocycles. The van der Waals surface area contributed by atoms with Crippen LogP contribution in [-0.4, -0.2) is 82.7 Å². The molecule has 0 saturated carbocycles. The van der Waals surface area contributed by atoms with Gasteiger partial charge in [-0.1, -0.05) is 6.07 Å². The van der Waals surface area contributed by atoms with E-state index < -0.39 is 0 Å². The molecule has 164 valence electrons. The molecule has 0 aliphatic carbocycles. The molecule has 4 nitrogen and oxygen atoms in total. The third kappa shape index (κ3) is 56.2. The van der Waals surface area contributed by atoms with Gasteiger partial charge in [0.1, 0.15) is 19.4 Å². The molecule has 0 aliphatic rings. The van der Waals surface area contributed by atoms with E-state index in [0.29, 0.717) is 10.9 Å². The molecule has 0 bridgehead atoms. The summed E-state index contributed by atoms with van der Waals surface area (Å²) in [6, 6.07) is 6.00. The van der Waals surface area contributed by atoms with Crippen LogP contribution >= 0.6 is 7.26 Å². The quantitative estimate of drug-likeness (QED) is 0.262. The highest BCUT2D eigenvalue weighted by atomic mass is 32.2. The molecule has 0 amide bonds. The highest BCUT2D eigenvalue weighted by molar-refractivity contribution is 7.94. The number of rotatable bonds is 0. The molecule has 28 heavy (non-hydrogen) atoms. The topological polar surface area (TPSA) is 12.7 Å². The van der Waals surface area contributed by atoms with Crippen molar-refractivity contribution in [1.29, 1.82) is 0 Å². The first-order chi connectivity index (χ1) is 12.4. The van der Waals surface area contributed by atoms with Crippen molar-refractivity contribution in [2.24, 2.45) is 21.1 Å². The molecule has 0 spiro atoms. The van der Waals surface area contributed by atoms with Crippen molar-refractivity contribution in [3.8, 4) is 0 Å². The number of pyridine rings is 1. The van der Waals surface area contributed by atoms with Crippen molar-refractivity contribution < 1.29 is 13.6 Å². The highest BCUT2D eigenvalue weighted by Gasteiger charge is 2.03. The summed E-state index contributed by atoms with van der Waals surface area (Å²) in [5, 5.41) is 0. The van der Waals surface area contributed by atoms with Crippen molar-refractivity contribution in [1.82, 2.24) is 4.57 Å². The van der Waals surface area contributed by atoms with Gasteiger partial charge in [-0.15, -0.1) is 0 Å². The van der Waals surface area contributed by atoms with Crippen LogP contribution in [0.3, 0.4) is 0 Å². The van der Waals surface area contributed by atoms with Gasteiger partial charge in [0.15, 0.2) is 12.4 Å². The lowest BCUT2D eigenvalue weighted by atomic mass is 10.5. The summed E-state index contributed by atoms with van der Waals surface area (Å²) in [7, 11) is 14.8. The van der Waals surface area contributed by atoms with Gasteiger partial charge < -0.3 is 4.48 Å². The van der Waals surface area contributed by atoms with Crippen LogP contribution in [0.4, 0.5) is 0 Å². The van der Waals surface area contributed by atoms with E-state index in [1.807, 2.05) is 84.2 Å². The minimum atomic E-state index is -0.389. The van der Waals surface area contributed by atoms with Gasteiger partial charge in [-0.25, -0.2) is 13.7 Å². The number of quaternary nitrogens is 1. The van der Waals surface area contributed by atoms with Gasteiger partial charge >= 0.3 is 0 Å². The summed E-state index contributed by atoms with van der Waals surface area (Å²) in [6.07, 6.45) is 16.6. The van der Waals surface area contributed by atoms with E-state index in [4.69, 9.17) is 0 Å². The number of hydrogen-bond donors (Lipinski definition) is 0. The van der Waals surface area contributed by atoms with E-state index in [9.17, 15) is 0 Å². The summed E-state index contributed by atoms with van der Waals surface area (Å²) in [6.45, 7) is 9.19. The standard InChI is InChI=1S/C6H8N.C5H9N2.C4H12N.C4H12P.C3H9S/c1-7-5-3-2-4-6-7;1-6-3-4-7(2)5-6;2*1-5(2,3)4;1-4(2)3/h2-6H,1H3;3-5H,1-2H3;2*1-4H3;1-3H3/q5*+1. The second-order valence-electron chi connectivity index (χ2n) is 9.88. The Kier molecular flexibility index (Phi) is 19.3. The second-order valence-corrected chi connectivity index (χ2v) is 17.7. The Labute approximate surface area is 180 Å². The Morgan fingerprint density at radius 3 is 1.18 bits per heavy atom. The Hall–Kier alpha value is -0.900. The summed E-state index contributed by atoms with van der Waals surface area (Å²) in [5.74, 6) is 0. The van der Waals surface area contributed by atoms with Gasteiger partial charge in [0.2, 0.25) is 6.33 Å². The van der Waals surface area contributed by atoms with Crippen LogP contribution in [0.2, 0.25) is 0 Å². The van der Waals surface area contributed by atoms with Crippen LogP contribution in [0.25, 0.3) is 0 Å². The molecule has 0 N–H and O–H groups in total. The van der Waals surface area contributed by atoms with E-state index >= 15 is 0 Å². The second kappa shape index (κ2) is 17.0. The normalized spacial score (nSPS) is 10.1. The van der Waals surface area contributed by atoms with Crippen LogP contribution in [0.15, 0.2) is 49.3 Å². The predicted molar refractivity (Wildman–Crippen MR) is 134 cm³/mol. The largest absolute Gasteiger partial charge is 0.333 e. The summed E-state index contributed by atoms with van der Waals surface area (Å²) < 4.78 is 7.00. The fourth-order valence-corrected chi connectivity index (χ4v) is 1.06. The van der Waals surface area contributed by atoms with Gasteiger partial charge in [0.25, 0.3) is 0 Å². The van der Waals surface area contributed by atoms with Crippen LogP contribution in [0, 0.1) is 0 Å². The Balaban J connectivity index is -0.000000285. The molecule has 0 radical (unpaired) electrons. The average Bonchev–Trinajstić information content (AvgIpc) is 2.79. The fourth-order valence-electron chi connectivity index (χ4n) is 1.06. The lowest BCUT2D eigenvalue weighted by Gasteiger charge is -2.14. The molecule has 0 aromatic carbocycles. The SMILES string of the molecule is C[N+](C)(C)C.C[P+](C)(C)C.C[S+](C)C.C[n+]1ccccc1.Cn1cc[n+](C)c1. The van der Waals surface area contributed by atoms with Crippen LogP contribution < -0.4 is 9.13 Å². The molecule has 2 aromatic rings. The van der Waals surface area contributed by atoms with Gasteiger partial charge in [0.05, 0.1) is 61.1 Å². The maximum absolute atomic E-state index is 2.30. The molecule has 2 rings (SSSR count). The number of imidazole rings is 1. The number of aromatic nitrogens is 3. The Morgan fingerprint density at radius 2 is 1.07 bits per heavy atom. The smallest absolute Gasteiger partial charge is 0.243 e. The third-order valence-electron chi connectivity index (χ3n) is 1.77. The molecule has 2 heterocycles. The fraction of sp³-hybridized carbons (Fsp3) is 0.636.